The van der Waals surface area contributed by atoms with Crippen LogP contribution < -0.4 is 0 Å². The first-order valence-corrected chi connectivity index (χ1v) is 17.0. The van der Waals surface area contributed by atoms with Gasteiger partial charge in [0.2, 0.25) is 0 Å². The lowest BCUT2D eigenvalue weighted by Gasteiger charge is -2.52. The number of ether oxygens (including phenoxy) is 3. The van der Waals surface area contributed by atoms with Crippen molar-refractivity contribution in [3.8, 4) is 5.75 Å². The van der Waals surface area contributed by atoms with Gasteiger partial charge in [-0.25, -0.2) is 0 Å². The van der Waals surface area contributed by atoms with Crippen molar-refractivity contribution in [3.63, 3.8) is 0 Å². The number of rotatable bonds is 9. The van der Waals surface area contributed by atoms with E-state index < -0.39 is 43.2 Å². The molecule has 5 rings (SSSR count). The fourth-order valence-corrected chi connectivity index (χ4v) is 6.97. The molecular weight excluding hydrogens is 476 g/mol. The minimum atomic E-state index is -1.42. The van der Waals surface area contributed by atoms with Gasteiger partial charge in [-0.15, -0.1) is 0 Å². The van der Waals surface area contributed by atoms with Crippen LogP contribution in [0.4, 0.5) is 0 Å². The molecule has 0 aromatic heterocycles. The second kappa shape index (κ2) is 10.7. The molecule has 1 aromatic rings. The molecule has 36 heavy (non-hydrogen) atoms. The molecule has 0 amide bonds. The number of aromatic hydroxyl groups is 1. The molecule has 2 saturated carbocycles. The highest BCUT2D eigenvalue weighted by atomic mass is 28.3. The van der Waals surface area contributed by atoms with E-state index in [9.17, 15) is 19.5 Å². The summed E-state index contributed by atoms with van der Waals surface area (Å²) >= 11 is 0. The van der Waals surface area contributed by atoms with Gasteiger partial charge in [-0.3, -0.25) is 14.4 Å². The number of phenolic OH excluding ortho intramolecular Hbond substituents is 1. The second-order valence-electron chi connectivity index (χ2n) is 12.0. The fraction of sp³-hybridized carbons (Fsp3) is 0.679. The Bertz CT molecular complexity index is 994. The number of carbonyl (C=O) groups excluding carboxylic acids is 3. The molecule has 1 N–H and O–H groups in total. The van der Waals surface area contributed by atoms with E-state index >= 15 is 0 Å². The van der Waals surface area contributed by atoms with Crippen LogP contribution in [0.2, 0.25) is 25.7 Å². The molecule has 1 unspecified atom stereocenters. The summed E-state index contributed by atoms with van der Waals surface area (Å²) in [6.07, 6.45) is 5.96. The molecule has 2 bridgehead atoms. The van der Waals surface area contributed by atoms with Crippen LogP contribution in [0.25, 0.3) is 0 Å². The molecule has 8 heteroatoms. The quantitative estimate of drug-likeness (QED) is 0.282. The van der Waals surface area contributed by atoms with Gasteiger partial charge in [0.05, 0.1) is 36.6 Å². The summed E-state index contributed by atoms with van der Waals surface area (Å²) in [5.41, 5.74) is 0.0257. The molecule has 0 radical (unpaired) electrons. The van der Waals surface area contributed by atoms with Crippen molar-refractivity contribution in [1.82, 2.24) is 0 Å². The van der Waals surface area contributed by atoms with Crippen LogP contribution in [-0.4, -0.2) is 56.8 Å². The van der Waals surface area contributed by atoms with Gasteiger partial charge >= 0.3 is 11.9 Å². The van der Waals surface area contributed by atoms with E-state index in [2.05, 4.69) is 19.6 Å². The summed E-state index contributed by atoms with van der Waals surface area (Å²) < 4.78 is 17.3. The molecule has 0 saturated heterocycles. The van der Waals surface area contributed by atoms with Crippen LogP contribution in [0, 0.1) is 11.3 Å². The SMILES string of the molecule is C[C@]1(C(=O)OCCOC2CCCCC2)[C@H](C(=O)OCC[Si](C)(C)C)C2CC(=O)[C@H]1c1cc(O)ccc12. The minimum absolute atomic E-state index is 0.0277. The van der Waals surface area contributed by atoms with Crippen molar-refractivity contribution in [1.29, 1.82) is 0 Å². The van der Waals surface area contributed by atoms with E-state index in [-0.39, 0.29) is 37.3 Å². The summed E-state index contributed by atoms with van der Waals surface area (Å²) in [5.74, 6) is -3.31. The number of hydrogen-bond acceptors (Lipinski definition) is 7. The lowest BCUT2D eigenvalue weighted by Crippen LogP contribution is -2.57. The van der Waals surface area contributed by atoms with E-state index in [1.165, 1.54) is 6.42 Å². The standard InChI is InChI=1S/C28H40O7Si/c1-28(27(32)35-13-12-33-19-8-6-5-7-9-19)24-21-16-18(29)10-11-20(21)22(17-23(24)30)25(28)26(31)34-14-15-36(2,3)4/h10-11,16,19,22,24-25,29H,5-9,12-15,17H2,1-4H3/t22?,24-,25+,28-/m1/s1. The maximum absolute atomic E-state index is 13.7. The van der Waals surface area contributed by atoms with Gasteiger partial charge in [-0.05, 0) is 49.1 Å². The van der Waals surface area contributed by atoms with Crippen molar-refractivity contribution in [2.75, 3.05) is 19.8 Å². The largest absolute Gasteiger partial charge is 0.508 e. The Morgan fingerprint density at radius 3 is 2.44 bits per heavy atom. The zero-order chi connectivity index (χ0) is 26.1. The Kier molecular flexibility index (Phi) is 7.95. The summed E-state index contributed by atoms with van der Waals surface area (Å²) in [6.45, 7) is 8.95. The molecule has 7 nitrogen and oxygen atoms in total. The number of Topliss-reactive ketones (excluding diaryl/α,β-unsaturated/α-hetero) is 1. The highest BCUT2D eigenvalue weighted by Crippen LogP contribution is 2.61. The molecule has 1 aromatic carbocycles. The Hall–Kier alpha value is -2.19. The lowest BCUT2D eigenvalue weighted by atomic mass is 9.48. The third-order valence-electron chi connectivity index (χ3n) is 8.18. The first kappa shape index (κ1) is 26.9. The predicted octanol–water partition coefficient (Wildman–Crippen LogP) is 4.94. The Morgan fingerprint density at radius 1 is 1.03 bits per heavy atom. The Morgan fingerprint density at radius 2 is 1.75 bits per heavy atom. The number of phenols is 1. The predicted molar refractivity (Wildman–Crippen MR) is 138 cm³/mol. The molecule has 2 fully saturated rings. The van der Waals surface area contributed by atoms with Crippen LogP contribution in [0.1, 0.15) is 68.4 Å². The number of hydrogen-bond donors (Lipinski definition) is 1. The smallest absolute Gasteiger partial charge is 0.313 e. The average Bonchev–Trinajstić information content (AvgIpc) is 2.81. The second-order valence-corrected chi connectivity index (χ2v) is 17.6. The number of carbonyl (C=O) groups is 3. The number of ketones is 1. The highest BCUT2D eigenvalue weighted by Gasteiger charge is 2.65. The van der Waals surface area contributed by atoms with Crippen LogP contribution in [-0.2, 0) is 28.6 Å². The van der Waals surface area contributed by atoms with Gasteiger partial charge in [-0.2, -0.15) is 0 Å². The van der Waals surface area contributed by atoms with E-state index in [1.54, 1.807) is 25.1 Å². The number of fused-ring (bicyclic) bond motifs is 2. The summed E-state index contributed by atoms with van der Waals surface area (Å²) in [5, 5.41) is 10.1. The normalized spacial score (nSPS) is 28.0. The zero-order valence-electron chi connectivity index (χ0n) is 22.0. The monoisotopic (exact) mass is 516 g/mol. The van der Waals surface area contributed by atoms with Crippen LogP contribution in [0.5, 0.6) is 5.75 Å². The van der Waals surface area contributed by atoms with Gasteiger partial charge in [-0.1, -0.05) is 45.0 Å². The molecular formula is C28H40O7Si. The summed E-state index contributed by atoms with van der Waals surface area (Å²) in [4.78, 5) is 40.4. The van der Waals surface area contributed by atoms with Gasteiger partial charge in [0, 0.05) is 20.4 Å². The average molecular weight is 517 g/mol. The van der Waals surface area contributed by atoms with Gasteiger partial charge in [0.15, 0.2) is 0 Å². The molecule has 4 aliphatic rings. The summed E-state index contributed by atoms with van der Waals surface area (Å²) in [6, 6.07) is 5.70. The van der Waals surface area contributed by atoms with E-state index in [1.807, 2.05) is 0 Å². The van der Waals surface area contributed by atoms with Crippen LogP contribution >= 0.6 is 0 Å². The molecule has 4 atom stereocenters. The van der Waals surface area contributed by atoms with Crippen molar-refractivity contribution in [2.45, 2.75) is 89.1 Å². The Labute approximate surface area is 214 Å². The van der Waals surface area contributed by atoms with Gasteiger partial charge in [0.25, 0.3) is 0 Å². The topological polar surface area (TPSA) is 99.1 Å². The van der Waals surface area contributed by atoms with E-state index in [4.69, 9.17) is 14.2 Å². The van der Waals surface area contributed by atoms with Crippen molar-refractivity contribution in [2.24, 2.45) is 11.3 Å². The zero-order valence-corrected chi connectivity index (χ0v) is 23.0. The maximum Gasteiger partial charge on any atom is 0.313 e. The molecule has 0 aliphatic heterocycles. The van der Waals surface area contributed by atoms with Gasteiger partial charge in [0.1, 0.15) is 18.1 Å². The minimum Gasteiger partial charge on any atom is -0.508 e. The van der Waals surface area contributed by atoms with Crippen molar-refractivity contribution in [3.05, 3.63) is 29.3 Å². The molecule has 4 aliphatic carbocycles. The van der Waals surface area contributed by atoms with Gasteiger partial charge < -0.3 is 19.3 Å². The summed E-state index contributed by atoms with van der Waals surface area (Å²) in [7, 11) is -1.42. The molecule has 198 valence electrons. The number of benzene rings is 1. The van der Waals surface area contributed by atoms with E-state index in [0.29, 0.717) is 12.2 Å². The third-order valence-corrected chi connectivity index (χ3v) is 9.89. The third kappa shape index (κ3) is 5.39. The maximum atomic E-state index is 13.7. The number of esters is 2. The van der Waals surface area contributed by atoms with Crippen LogP contribution in [0.3, 0.4) is 0 Å². The van der Waals surface area contributed by atoms with E-state index in [0.717, 1.165) is 37.3 Å². The van der Waals surface area contributed by atoms with Crippen molar-refractivity contribution >= 4 is 25.8 Å². The molecule has 0 heterocycles. The fourth-order valence-electron chi connectivity index (χ4n) is 6.26. The lowest BCUT2D eigenvalue weighted by molar-refractivity contribution is -0.179. The highest BCUT2D eigenvalue weighted by molar-refractivity contribution is 6.76. The van der Waals surface area contributed by atoms with Crippen LogP contribution in [0.15, 0.2) is 18.2 Å². The Balaban J connectivity index is 1.55. The molecule has 0 spiro atoms. The first-order chi connectivity index (χ1) is 17.0. The van der Waals surface area contributed by atoms with Crippen molar-refractivity contribution < 1.29 is 33.7 Å². The first-order valence-electron chi connectivity index (χ1n) is 13.3.